The number of benzene rings is 1. The molecule has 1 N–H and O–H groups in total. The second-order valence-corrected chi connectivity index (χ2v) is 10.1. The molecule has 166 valence electrons. The molecule has 10 nitrogen and oxygen atoms in total. The van der Waals surface area contributed by atoms with Gasteiger partial charge in [0.25, 0.3) is 10.1 Å². The molecule has 1 atom stereocenters. The van der Waals surface area contributed by atoms with Crippen molar-refractivity contribution in [3.05, 3.63) is 35.9 Å². The van der Waals surface area contributed by atoms with Crippen LogP contribution in [0, 0.1) is 0 Å². The van der Waals surface area contributed by atoms with E-state index in [1.165, 1.54) is 0 Å². The van der Waals surface area contributed by atoms with Gasteiger partial charge in [-0.05, 0) is 12.5 Å². The Morgan fingerprint density at radius 1 is 1.07 bits per heavy atom. The number of hydrogen-bond donors (Lipinski definition) is 1. The molecule has 0 aliphatic carbocycles. The molecule has 0 saturated carbocycles. The number of hydrogen-bond acceptors (Lipinski definition) is 9. The largest absolute Gasteiger partial charge is 0.464 e. The molecule has 1 aromatic carbocycles. The molecule has 0 bridgehead atoms. The zero-order chi connectivity index (χ0) is 22.5. The van der Waals surface area contributed by atoms with Gasteiger partial charge in [-0.25, -0.2) is 18.0 Å². The lowest BCUT2D eigenvalue weighted by Crippen LogP contribution is -2.34. The lowest BCUT2D eigenvalue weighted by molar-refractivity contribution is -0.151. The maximum absolute atomic E-state index is 11.7. The number of nitrogens with one attached hydrogen (secondary N) is 1. The summed E-state index contributed by atoms with van der Waals surface area (Å²) in [7, 11) is -2.52. The zero-order valence-corrected chi connectivity index (χ0v) is 18.6. The number of carbonyl (C=O) groups is 2. The fourth-order valence-electron chi connectivity index (χ4n) is 1.73. The van der Waals surface area contributed by atoms with Gasteiger partial charge in [0.15, 0.2) is 6.10 Å². The third-order valence-corrected chi connectivity index (χ3v) is 3.31. The summed E-state index contributed by atoms with van der Waals surface area (Å²) in [5.41, 5.74) is 0.831. The van der Waals surface area contributed by atoms with Crippen molar-refractivity contribution in [1.29, 1.82) is 0 Å². The van der Waals surface area contributed by atoms with Gasteiger partial charge in [-0.3, -0.25) is 4.18 Å². The Bertz CT molecular complexity index is 834. The Balaban J connectivity index is 0.00000139. The Morgan fingerprint density at radius 2 is 1.62 bits per heavy atom. The summed E-state index contributed by atoms with van der Waals surface area (Å²) in [5, 5.41) is 2.42. The first-order valence-corrected chi connectivity index (χ1v) is 12.7. The van der Waals surface area contributed by atoms with Crippen LogP contribution in [0.4, 0.5) is 4.79 Å². The van der Waals surface area contributed by atoms with Crippen molar-refractivity contribution in [3.8, 4) is 0 Å². The Kier molecular flexibility index (Phi) is 12.5. The third-order valence-electron chi connectivity index (χ3n) is 2.73. The highest BCUT2D eigenvalue weighted by Gasteiger charge is 2.25. The summed E-state index contributed by atoms with van der Waals surface area (Å²) in [5.74, 6) is -0.803. The molecule has 0 fully saturated rings. The van der Waals surface area contributed by atoms with E-state index in [1.807, 2.05) is 30.3 Å². The fourth-order valence-corrected chi connectivity index (χ4v) is 2.33. The molecule has 0 aliphatic rings. The van der Waals surface area contributed by atoms with Crippen molar-refractivity contribution in [2.45, 2.75) is 26.1 Å². The molecule has 0 spiro atoms. The molecule has 1 aromatic rings. The van der Waals surface area contributed by atoms with Crippen LogP contribution in [0.2, 0.25) is 0 Å². The van der Waals surface area contributed by atoms with Crippen LogP contribution in [-0.2, 0) is 44.2 Å². The van der Waals surface area contributed by atoms with Crippen molar-refractivity contribution in [2.75, 3.05) is 25.7 Å². The topological polar surface area (TPSA) is 142 Å². The maximum atomic E-state index is 11.7. The average molecular weight is 474 g/mol. The number of ether oxygens (including phenoxy) is 2. The van der Waals surface area contributed by atoms with Crippen molar-refractivity contribution in [3.63, 3.8) is 0 Å². The predicted molar refractivity (Wildman–Crippen MR) is 106 cm³/mol. The third kappa shape index (κ3) is 17.9. The monoisotopic (exact) mass is 473 g/mol. The van der Waals surface area contributed by atoms with Crippen molar-refractivity contribution >= 4 is 41.9 Å². The Morgan fingerprint density at radius 3 is 2.10 bits per heavy atom. The van der Waals surface area contributed by atoms with Gasteiger partial charge >= 0.3 is 12.1 Å². The minimum Gasteiger partial charge on any atom is -0.464 e. The van der Waals surface area contributed by atoms with Crippen LogP contribution >= 0.6 is 10.7 Å². The van der Waals surface area contributed by atoms with Gasteiger partial charge < -0.3 is 14.8 Å². The molecule has 13 heteroatoms. The highest BCUT2D eigenvalue weighted by atomic mass is 35.7. The van der Waals surface area contributed by atoms with E-state index in [0.717, 1.165) is 18.1 Å². The van der Waals surface area contributed by atoms with E-state index in [4.69, 9.17) is 9.47 Å². The van der Waals surface area contributed by atoms with Gasteiger partial charge in [-0.1, -0.05) is 30.3 Å². The molecule has 1 rings (SSSR count). The van der Waals surface area contributed by atoms with Crippen LogP contribution in [0.3, 0.4) is 0 Å². The molecular weight excluding hydrogens is 450 g/mol. The highest BCUT2D eigenvalue weighted by molar-refractivity contribution is 8.13. The normalized spacial score (nSPS) is 12.1. The van der Waals surface area contributed by atoms with Crippen LogP contribution in [-0.4, -0.2) is 60.7 Å². The minimum atomic E-state index is -3.83. The lowest BCUT2D eigenvalue weighted by Gasteiger charge is -2.15. The molecule has 1 unspecified atom stereocenters. The molecule has 1 amide bonds. The van der Waals surface area contributed by atoms with Crippen LogP contribution in [0.1, 0.15) is 18.9 Å². The van der Waals surface area contributed by atoms with Crippen LogP contribution in [0.5, 0.6) is 0 Å². The lowest BCUT2D eigenvalue weighted by atomic mass is 10.2. The predicted octanol–water partition coefficient (Wildman–Crippen LogP) is 1.40. The minimum absolute atomic E-state index is 0.00732. The quantitative estimate of drug-likeness (QED) is 0.319. The van der Waals surface area contributed by atoms with Crippen LogP contribution < -0.4 is 5.32 Å². The molecule has 0 aliphatic heterocycles. The number of carbonyl (C=O) groups excluding carboxylic acids is 2. The van der Waals surface area contributed by atoms with Crippen molar-refractivity contribution in [1.82, 2.24) is 5.32 Å². The number of rotatable bonds is 9. The van der Waals surface area contributed by atoms with Gasteiger partial charge in [-0.2, -0.15) is 8.42 Å². The molecule has 0 saturated heterocycles. The van der Waals surface area contributed by atoms with E-state index in [0.29, 0.717) is 0 Å². The number of alkyl carbamates (subject to hydrolysis) is 1. The van der Waals surface area contributed by atoms with Gasteiger partial charge in [0.1, 0.15) is 6.61 Å². The number of esters is 1. The first-order valence-electron chi connectivity index (χ1n) is 8.21. The van der Waals surface area contributed by atoms with Gasteiger partial charge in [0.2, 0.25) is 9.05 Å². The summed E-state index contributed by atoms with van der Waals surface area (Å²) in [6.07, 6.45) is -0.294. The highest BCUT2D eigenvalue weighted by Crippen LogP contribution is 2.06. The standard InChI is InChI=1S/C15H21NO7S.CH3ClO2S/c1-3-21-14(17)13(23-24(2,19)20)9-10-16-15(18)22-11-12-7-5-4-6-8-12;1-5(2,3)4/h4-8,13H,3,9-11H2,1-2H3,(H,16,18);1H3. The summed E-state index contributed by atoms with van der Waals surface area (Å²) >= 11 is 0. The maximum Gasteiger partial charge on any atom is 0.407 e. The summed E-state index contributed by atoms with van der Waals surface area (Å²) < 4.78 is 55.5. The van der Waals surface area contributed by atoms with E-state index in [9.17, 15) is 26.4 Å². The molecule has 0 heterocycles. The molecule has 29 heavy (non-hydrogen) atoms. The Hall–Kier alpha value is -1.89. The summed E-state index contributed by atoms with van der Waals surface area (Å²) in [4.78, 5) is 23.2. The van der Waals surface area contributed by atoms with Crippen LogP contribution in [0.25, 0.3) is 0 Å². The average Bonchev–Trinajstić information content (AvgIpc) is 2.58. The van der Waals surface area contributed by atoms with E-state index in [2.05, 4.69) is 20.2 Å². The SMILES string of the molecule is CCOC(=O)C(CCNC(=O)OCc1ccccc1)OS(C)(=O)=O.CS(=O)(=O)Cl. The van der Waals surface area contributed by atoms with E-state index in [1.54, 1.807) is 6.92 Å². The van der Waals surface area contributed by atoms with Gasteiger partial charge in [0, 0.05) is 23.6 Å². The van der Waals surface area contributed by atoms with Crippen LogP contribution in [0.15, 0.2) is 30.3 Å². The first kappa shape index (κ1) is 27.1. The first-order chi connectivity index (χ1) is 13.3. The smallest absolute Gasteiger partial charge is 0.407 e. The molecular formula is C16H24ClNO9S2. The zero-order valence-electron chi connectivity index (χ0n) is 16.2. The summed E-state index contributed by atoms with van der Waals surface area (Å²) in [6.45, 7) is 1.78. The molecule has 0 radical (unpaired) electrons. The second-order valence-electron chi connectivity index (χ2n) is 5.50. The van der Waals surface area contributed by atoms with Crippen molar-refractivity contribution in [2.24, 2.45) is 0 Å². The van der Waals surface area contributed by atoms with Gasteiger partial charge in [-0.15, -0.1) is 0 Å². The van der Waals surface area contributed by atoms with Crippen molar-refractivity contribution < 1.29 is 40.1 Å². The van der Waals surface area contributed by atoms with E-state index < -0.39 is 37.3 Å². The Labute approximate surface area is 175 Å². The fraction of sp³-hybridized carbons (Fsp3) is 0.500. The van der Waals surface area contributed by atoms with Gasteiger partial charge in [0.05, 0.1) is 19.1 Å². The number of amides is 1. The molecule has 0 aromatic heterocycles. The van der Waals surface area contributed by atoms with E-state index in [-0.39, 0.29) is 26.2 Å². The second kappa shape index (κ2) is 13.4. The van der Waals surface area contributed by atoms with E-state index >= 15 is 0 Å². The number of halogens is 1. The summed E-state index contributed by atoms with van der Waals surface area (Å²) in [6, 6.07) is 9.11.